The number of hydrogen-bond donors (Lipinski definition) is 2. The second-order valence-electron chi connectivity index (χ2n) is 2.15. The van der Waals surface area contributed by atoms with E-state index in [0.29, 0.717) is 0 Å². The summed E-state index contributed by atoms with van der Waals surface area (Å²) in [5.41, 5.74) is -1.80. The van der Waals surface area contributed by atoms with Crippen LogP contribution in [-0.4, -0.2) is 23.1 Å². The Balaban J connectivity index is 3.02. The summed E-state index contributed by atoms with van der Waals surface area (Å²) < 4.78 is 29.3. The van der Waals surface area contributed by atoms with Gasteiger partial charge in [0.25, 0.3) is 10.1 Å². The van der Waals surface area contributed by atoms with Gasteiger partial charge in [0, 0.05) is 18.0 Å². The highest BCUT2D eigenvalue weighted by atomic mass is 32.2. The zero-order valence-electron chi connectivity index (χ0n) is 5.95. The fourth-order valence-corrected chi connectivity index (χ4v) is 1.20. The lowest BCUT2D eigenvalue weighted by molar-refractivity contribution is 0.238. The minimum atomic E-state index is -4.43. The maximum absolute atomic E-state index is 10.4. The number of pyridine rings is 1. The lowest BCUT2D eigenvalue weighted by Crippen LogP contribution is -2.10. The summed E-state index contributed by atoms with van der Waals surface area (Å²) in [6.07, 6.45) is 2.65. The molecule has 0 fully saturated rings. The van der Waals surface area contributed by atoms with Crippen LogP contribution in [0.15, 0.2) is 24.5 Å². The van der Waals surface area contributed by atoms with E-state index >= 15 is 0 Å². The first-order valence-corrected chi connectivity index (χ1v) is 4.56. The Morgan fingerprint density at radius 1 is 1.33 bits per heavy atom. The Bertz CT molecular complexity index is 347. The van der Waals surface area contributed by atoms with Gasteiger partial charge >= 0.3 is 0 Å². The molecular weight excluding hydrogens is 182 g/mol. The van der Waals surface area contributed by atoms with Crippen molar-refractivity contribution in [1.29, 1.82) is 0 Å². The van der Waals surface area contributed by atoms with E-state index in [-0.39, 0.29) is 5.56 Å². The SMILES string of the molecule is O=S(=O)(O)[C@@H](O)c1ccncc1. The van der Waals surface area contributed by atoms with E-state index in [1.54, 1.807) is 0 Å². The molecule has 1 aromatic rings. The van der Waals surface area contributed by atoms with Gasteiger partial charge in [-0.1, -0.05) is 0 Å². The van der Waals surface area contributed by atoms with Gasteiger partial charge in [0.05, 0.1) is 0 Å². The number of aliphatic hydroxyl groups excluding tert-OH is 1. The van der Waals surface area contributed by atoms with Crippen LogP contribution in [0.25, 0.3) is 0 Å². The third-order valence-electron chi connectivity index (χ3n) is 1.27. The van der Waals surface area contributed by atoms with Crippen LogP contribution in [0, 0.1) is 0 Å². The second kappa shape index (κ2) is 3.18. The van der Waals surface area contributed by atoms with Gasteiger partial charge in [-0.3, -0.25) is 9.54 Å². The maximum Gasteiger partial charge on any atom is 0.296 e. The van der Waals surface area contributed by atoms with Crippen LogP contribution in [0.2, 0.25) is 0 Å². The predicted molar refractivity (Wildman–Crippen MR) is 40.7 cm³/mol. The fraction of sp³-hybridized carbons (Fsp3) is 0.167. The zero-order chi connectivity index (χ0) is 9.19. The molecule has 2 N–H and O–H groups in total. The number of nitrogens with zero attached hydrogens (tertiary/aromatic N) is 1. The molecule has 12 heavy (non-hydrogen) atoms. The minimum absolute atomic E-state index is 0.0903. The molecule has 1 rings (SSSR count). The first-order valence-electron chi connectivity index (χ1n) is 3.06. The van der Waals surface area contributed by atoms with Gasteiger partial charge in [0.2, 0.25) is 5.44 Å². The van der Waals surface area contributed by atoms with Crippen molar-refractivity contribution in [3.63, 3.8) is 0 Å². The quantitative estimate of drug-likeness (QED) is 0.637. The molecule has 66 valence electrons. The maximum atomic E-state index is 10.4. The number of aromatic nitrogens is 1. The van der Waals surface area contributed by atoms with Gasteiger partial charge in [0.1, 0.15) is 0 Å². The van der Waals surface area contributed by atoms with Crippen LogP contribution in [-0.2, 0) is 10.1 Å². The van der Waals surface area contributed by atoms with Crippen LogP contribution >= 0.6 is 0 Å². The van der Waals surface area contributed by atoms with Crippen molar-refractivity contribution >= 4 is 10.1 Å². The third kappa shape index (κ3) is 2.00. The molecule has 0 aliphatic rings. The largest absolute Gasteiger partial charge is 0.371 e. The van der Waals surface area contributed by atoms with Gasteiger partial charge in [-0.05, 0) is 12.1 Å². The van der Waals surface area contributed by atoms with Crippen LogP contribution < -0.4 is 0 Å². The average molecular weight is 189 g/mol. The van der Waals surface area contributed by atoms with Crippen molar-refractivity contribution in [3.05, 3.63) is 30.1 Å². The molecule has 0 bridgehead atoms. The van der Waals surface area contributed by atoms with E-state index in [0.717, 1.165) is 0 Å². The van der Waals surface area contributed by atoms with Crippen LogP contribution in [0.3, 0.4) is 0 Å². The van der Waals surface area contributed by atoms with Crippen LogP contribution in [0.1, 0.15) is 11.0 Å². The molecule has 0 saturated carbocycles. The van der Waals surface area contributed by atoms with Crippen molar-refractivity contribution in [1.82, 2.24) is 4.98 Å². The fourth-order valence-electron chi connectivity index (χ4n) is 0.700. The molecule has 1 heterocycles. The Kier molecular flexibility index (Phi) is 2.41. The standard InChI is InChI=1S/C6H7NO4S/c8-6(12(9,10)11)5-1-3-7-4-2-5/h1-4,6,8H,(H,9,10,11)/t6-/m1/s1. The van der Waals surface area contributed by atoms with Crippen molar-refractivity contribution in [3.8, 4) is 0 Å². The number of rotatable bonds is 2. The Labute approximate surface area is 69.4 Å². The van der Waals surface area contributed by atoms with Gasteiger partial charge < -0.3 is 5.11 Å². The summed E-state index contributed by atoms with van der Waals surface area (Å²) >= 11 is 0. The highest BCUT2D eigenvalue weighted by Crippen LogP contribution is 2.16. The lowest BCUT2D eigenvalue weighted by atomic mass is 10.3. The minimum Gasteiger partial charge on any atom is -0.371 e. The first-order chi connectivity index (χ1) is 5.52. The zero-order valence-corrected chi connectivity index (χ0v) is 6.77. The van der Waals surface area contributed by atoms with Gasteiger partial charge in [-0.25, -0.2) is 0 Å². The molecule has 6 heteroatoms. The molecule has 0 saturated heterocycles. The summed E-state index contributed by atoms with van der Waals surface area (Å²) in [7, 11) is -4.43. The molecule has 0 aliphatic carbocycles. The number of aliphatic hydroxyl groups is 1. The molecule has 0 aromatic carbocycles. The topological polar surface area (TPSA) is 87.5 Å². The number of hydrogen-bond acceptors (Lipinski definition) is 4. The van der Waals surface area contributed by atoms with Crippen molar-refractivity contribution in [2.75, 3.05) is 0 Å². The Morgan fingerprint density at radius 2 is 1.83 bits per heavy atom. The van der Waals surface area contributed by atoms with E-state index in [4.69, 9.17) is 9.66 Å². The second-order valence-corrected chi connectivity index (χ2v) is 3.62. The highest BCUT2D eigenvalue weighted by molar-refractivity contribution is 7.85. The molecule has 0 amide bonds. The average Bonchev–Trinajstić information content (AvgIpc) is 2.03. The molecule has 1 atom stereocenters. The van der Waals surface area contributed by atoms with Crippen LogP contribution in [0.5, 0.6) is 0 Å². The molecule has 0 spiro atoms. The Morgan fingerprint density at radius 3 is 2.25 bits per heavy atom. The third-order valence-corrected chi connectivity index (χ3v) is 2.11. The van der Waals surface area contributed by atoms with Crippen molar-refractivity contribution in [2.24, 2.45) is 0 Å². The molecule has 1 aromatic heterocycles. The lowest BCUT2D eigenvalue weighted by Gasteiger charge is -2.05. The molecule has 0 aliphatic heterocycles. The van der Waals surface area contributed by atoms with Crippen molar-refractivity contribution < 1.29 is 18.1 Å². The van der Waals surface area contributed by atoms with Crippen LogP contribution in [0.4, 0.5) is 0 Å². The molecular formula is C6H7NO4S. The van der Waals surface area contributed by atoms with Gasteiger partial charge in [0.15, 0.2) is 0 Å². The predicted octanol–water partition coefficient (Wildman–Crippen LogP) is -0.0397. The summed E-state index contributed by atoms with van der Waals surface area (Å²) in [5, 5.41) is 8.99. The van der Waals surface area contributed by atoms with E-state index in [1.807, 2.05) is 0 Å². The molecule has 0 radical (unpaired) electrons. The summed E-state index contributed by atoms with van der Waals surface area (Å²) in [5.74, 6) is 0. The van der Waals surface area contributed by atoms with E-state index in [1.165, 1.54) is 24.5 Å². The van der Waals surface area contributed by atoms with Gasteiger partial charge in [-0.15, -0.1) is 0 Å². The molecule has 0 unspecified atom stereocenters. The summed E-state index contributed by atoms with van der Waals surface area (Å²) in [4.78, 5) is 3.62. The normalized spacial score (nSPS) is 14.2. The van der Waals surface area contributed by atoms with E-state index in [9.17, 15) is 8.42 Å². The summed E-state index contributed by atoms with van der Waals surface area (Å²) in [6.45, 7) is 0. The monoisotopic (exact) mass is 189 g/mol. The van der Waals surface area contributed by atoms with Gasteiger partial charge in [-0.2, -0.15) is 8.42 Å². The van der Waals surface area contributed by atoms with E-state index in [2.05, 4.69) is 4.98 Å². The van der Waals surface area contributed by atoms with Crippen molar-refractivity contribution in [2.45, 2.75) is 5.44 Å². The smallest absolute Gasteiger partial charge is 0.296 e. The highest BCUT2D eigenvalue weighted by Gasteiger charge is 2.20. The van der Waals surface area contributed by atoms with E-state index < -0.39 is 15.6 Å². The Hall–Kier alpha value is -0.980. The first kappa shape index (κ1) is 9.11. The molecule has 5 nitrogen and oxygen atoms in total. The summed E-state index contributed by atoms with van der Waals surface area (Å²) in [6, 6.07) is 2.61.